The fourth-order valence-electron chi connectivity index (χ4n) is 2.15. The van der Waals surface area contributed by atoms with Crippen LogP contribution in [0, 0.1) is 5.92 Å². The Labute approximate surface area is 96.6 Å². The maximum absolute atomic E-state index is 11.5. The van der Waals surface area contributed by atoms with E-state index in [0.717, 1.165) is 38.9 Å². The van der Waals surface area contributed by atoms with E-state index in [2.05, 4.69) is 11.8 Å². The number of Topliss-reactive ketones (excluding diaryl/α,β-unsaturated/α-hetero) is 1. The standard InChI is InChI=1S/C12H21NO3/c1-2-10-9-13(8-6-11(10)14)7-4-3-5-12(15)16/h10H,2-9H2,1H3,(H,15,16). The largest absolute Gasteiger partial charge is 0.481 e. The van der Waals surface area contributed by atoms with Gasteiger partial charge in [-0.15, -0.1) is 0 Å². The van der Waals surface area contributed by atoms with Crippen molar-refractivity contribution in [2.45, 2.75) is 39.0 Å². The summed E-state index contributed by atoms with van der Waals surface area (Å²) in [5.74, 6) is -0.127. The maximum Gasteiger partial charge on any atom is 0.303 e. The Morgan fingerprint density at radius 2 is 2.25 bits per heavy atom. The molecule has 0 aromatic heterocycles. The Kier molecular flexibility index (Phi) is 5.46. The lowest BCUT2D eigenvalue weighted by atomic mass is 9.94. The third-order valence-electron chi connectivity index (χ3n) is 3.22. The minimum atomic E-state index is -0.722. The van der Waals surface area contributed by atoms with Crippen LogP contribution in [0.25, 0.3) is 0 Å². The maximum atomic E-state index is 11.5. The molecule has 1 fully saturated rings. The zero-order valence-corrected chi connectivity index (χ0v) is 9.95. The van der Waals surface area contributed by atoms with E-state index in [1.165, 1.54) is 0 Å². The van der Waals surface area contributed by atoms with E-state index < -0.39 is 5.97 Å². The second-order valence-electron chi connectivity index (χ2n) is 4.47. The van der Waals surface area contributed by atoms with Crippen LogP contribution in [0.2, 0.25) is 0 Å². The number of carboxylic acids is 1. The molecular weight excluding hydrogens is 206 g/mol. The van der Waals surface area contributed by atoms with E-state index in [0.29, 0.717) is 12.2 Å². The SMILES string of the molecule is CCC1CN(CCCCC(=O)O)CCC1=O. The first-order valence-electron chi connectivity index (χ1n) is 6.10. The smallest absolute Gasteiger partial charge is 0.303 e. The molecule has 1 N–H and O–H groups in total. The first-order chi connectivity index (χ1) is 7.63. The summed E-state index contributed by atoms with van der Waals surface area (Å²) in [7, 11) is 0. The predicted molar refractivity (Wildman–Crippen MR) is 61.3 cm³/mol. The van der Waals surface area contributed by atoms with Crippen molar-refractivity contribution in [2.75, 3.05) is 19.6 Å². The van der Waals surface area contributed by atoms with Gasteiger partial charge in [0.15, 0.2) is 0 Å². The van der Waals surface area contributed by atoms with Crippen molar-refractivity contribution in [1.82, 2.24) is 4.90 Å². The molecule has 0 saturated carbocycles. The summed E-state index contributed by atoms with van der Waals surface area (Å²) in [5, 5.41) is 8.51. The molecule has 0 aromatic rings. The van der Waals surface area contributed by atoms with Gasteiger partial charge in [0.25, 0.3) is 0 Å². The van der Waals surface area contributed by atoms with Crippen molar-refractivity contribution in [3.63, 3.8) is 0 Å². The highest BCUT2D eigenvalue weighted by molar-refractivity contribution is 5.82. The van der Waals surface area contributed by atoms with Crippen LogP contribution in [0.5, 0.6) is 0 Å². The number of likely N-dealkylation sites (tertiary alicyclic amines) is 1. The van der Waals surface area contributed by atoms with Gasteiger partial charge in [0.05, 0.1) is 0 Å². The number of ketones is 1. The summed E-state index contributed by atoms with van der Waals surface area (Å²) >= 11 is 0. The molecule has 0 spiro atoms. The Balaban J connectivity index is 2.18. The molecule has 1 saturated heterocycles. The molecular formula is C12H21NO3. The number of carbonyl (C=O) groups is 2. The molecule has 4 nitrogen and oxygen atoms in total. The summed E-state index contributed by atoms with van der Waals surface area (Å²) in [4.78, 5) is 24.1. The molecule has 0 radical (unpaired) electrons. The number of carboxylic acid groups (broad SMARTS) is 1. The predicted octanol–water partition coefficient (Wildman–Crippen LogP) is 1.54. The van der Waals surface area contributed by atoms with Crippen LogP contribution in [0.3, 0.4) is 0 Å². The van der Waals surface area contributed by atoms with Gasteiger partial charge in [-0.3, -0.25) is 9.59 Å². The zero-order valence-electron chi connectivity index (χ0n) is 9.95. The first-order valence-corrected chi connectivity index (χ1v) is 6.10. The number of piperidine rings is 1. The van der Waals surface area contributed by atoms with E-state index in [1.54, 1.807) is 0 Å². The average Bonchev–Trinajstić information content (AvgIpc) is 2.26. The Morgan fingerprint density at radius 3 is 2.88 bits per heavy atom. The fourth-order valence-corrected chi connectivity index (χ4v) is 2.15. The van der Waals surface area contributed by atoms with Gasteiger partial charge in [0.2, 0.25) is 0 Å². The van der Waals surface area contributed by atoms with Crippen molar-refractivity contribution in [3.8, 4) is 0 Å². The lowest BCUT2D eigenvalue weighted by Gasteiger charge is -2.31. The van der Waals surface area contributed by atoms with Gasteiger partial charge < -0.3 is 10.0 Å². The van der Waals surface area contributed by atoms with Gasteiger partial charge >= 0.3 is 5.97 Å². The van der Waals surface area contributed by atoms with Gasteiger partial charge in [0.1, 0.15) is 5.78 Å². The fraction of sp³-hybridized carbons (Fsp3) is 0.833. The summed E-state index contributed by atoms with van der Waals surface area (Å²) in [6.45, 7) is 4.69. The number of nitrogens with zero attached hydrogens (tertiary/aromatic N) is 1. The van der Waals surface area contributed by atoms with Crippen LogP contribution in [0.1, 0.15) is 39.0 Å². The topological polar surface area (TPSA) is 57.6 Å². The van der Waals surface area contributed by atoms with Gasteiger partial charge in [0, 0.05) is 31.8 Å². The third kappa shape index (κ3) is 4.31. The Morgan fingerprint density at radius 1 is 1.50 bits per heavy atom. The van der Waals surface area contributed by atoms with Crippen LogP contribution < -0.4 is 0 Å². The molecule has 1 rings (SSSR count). The number of hydrogen-bond acceptors (Lipinski definition) is 3. The van der Waals surface area contributed by atoms with Gasteiger partial charge in [-0.05, 0) is 25.8 Å². The van der Waals surface area contributed by atoms with Crippen molar-refractivity contribution in [3.05, 3.63) is 0 Å². The minimum Gasteiger partial charge on any atom is -0.481 e. The summed E-state index contributed by atoms with van der Waals surface area (Å²) in [5.41, 5.74) is 0. The highest BCUT2D eigenvalue weighted by Crippen LogP contribution is 2.16. The highest BCUT2D eigenvalue weighted by atomic mass is 16.4. The van der Waals surface area contributed by atoms with Crippen LogP contribution >= 0.6 is 0 Å². The molecule has 1 unspecified atom stereocenters. The van der Waals surface area contributed by atoms with Crippen molar-refractivity contribution >= 4 is 11.8 Å². The van der Waals surface area contributed by atoms with Crippen LogP contribution in [0.15, 0.2) is 0 Å². The normalized spacial score (nSPS) is 22.3. The molecule has 1 aliphatic rings. The van der Waals surface area contributed by atoms with Gasteiger partial charge in [-0.1, -0.05) is 6.92 Å². The summed E-state index contributed by atoms with van der Waals surface area (Å²) in [6.07, 6.45) is 3.49. The number of carbonyl (C=O) groups excluding carboxylic acids is 1. The lowest BCUT2D eigenvalue weighted by Crippen LogP contribution is -2.40. The van der Waals surface area contributed by atoms with E-state index in [1.807, 2.05) is 0 Å². The summed E-state index contributed by atoms with van der Waals surface area (Å²) < 4.78 is 0. The monoisotopic (exact) mass is 227 g/mol. The quantitative estimate of drug-likeness (QED) is 0.699. The van der Waals surface area contributed by atoms with Crippen molar-refractivity contribution in [1.29, 1.82) is 0 Å². The molecule has 1 heterocycles. The molecule has 0 aromatic carbocycles. The molecule has 16 heavy (non-hydrogen) atoms. The van der Waals surface area contributed by atoms with E-state index in [-0.39, 0.29) is 12.3 Å². The Bertz CT molecular complexity index is 253. The number of hydrogen-bond donors (Lipinski definition) is 1. The van der Waals surface area contributed by atoms with E-state index in [9.17, 15) is 9.59 Å². The van der Waals surface area contributed by atoms with Gasteiger partial charge in [-0.2, -0.15) is 0 Å². The molecule has 0 bridgehead atoms. The van der Waals surface area contributed by atoms with Crippen molar-refractivity contribution < 1.29 is 14.7 Å². The number of aliphatic carboxylic acids is 1. The molecule has 4 heteroatoms. The van der Waals surface area contributed by atoms with Crippen LogP contribution in [-0.4, -0.2) is 41.4 Å². The molecule has 0 aliphatic carbocycles. The van der Waals surface area contributed by atoms with E-state index >= 15 is 0 Å². The number of rotatable bonds is 6. The average molecular weight is 227 g/mol. The third-order valence-corrected chi connectivity index (χ3v) is 3.22. The molecule has 0 amide bonds. The van der Waals surface area contributed by atoms with Gasteiger partial charge in [-0.25, -0.2) is 0 Å². The minimum absolute atomic E-state index is 0.202. The zero-order chi connectivity index (χ0) is 12.0. The highest BCUT2D eigenvalue weighted by Gasteiger charge is 2.24. The van der Waals surface area contributed by atoms with Crippen LogP contribution in [0.4, 0.5) is 0 Å². The molecule has 1 atom stereocenters. The second-order valence-corrected chi connectivity index (χ2v) is 4.47. The number of unbranched alkanes of at least 4 members (excludes halogenated alkanes) is 1. The van der Waals surface area contributed by atoms with E-state index in [4.69, 9.17) is 5.11 Å². The molecule has 92 valence electrons. The van der Waals surface area contributed by atoms with Crippen molar-refractivity contribution in [2.24, 2.45) is 5.92 Å². The second kappa shape index (κ2) is 6.63. The Hall–Kier alpha value is -0.900. The summed E-state index contributed by atoms with van der Waals surface area (Å²) in [6, 6.07) is 0. The lowest BCUT2D eigenvalue weighted by molar-refractivity contribution is -0.137. The molecule has 1 aliphatic heterocycles. The van der Waals surface area contributed by atoms with Crippen LogP contribution in [-0.2, 0) is 9.59 Å². The first kappa shape index (κ1) is 13.2.